The zero-order chi connectivity index (χ0) is 13.9. The van der Waals surface area contributed by atoms with Crippen molar-refractivity contribution < 1.29 is 4.79 Å². The quantitative estimate of drug-likeness (QED) is 0.779. The number of benzene rings is 1. The summed E-state index contributed by atoms with van der Waals surface area (Å²) in [5.41, 5.74) is 2.36. The molecule has 4 heteroatoms. The van der Waals surface area contributed by atoms with Crippen LogP contribution in [0.1, 0.15) is 22.3 Å². The average Bonchev–Trinajstić information content (AvgIpc) is 3.11. The number of nitrogens with one attached hydrogen (secondary N) is 1. The Balaban J connectivity index is 1.82. The molecule has 102 valence electrons. The highest BCUT2D eigenvalue weighted by molar-refractivity contribution is 7.12. The SMILES string of the molecule is CCn1c(CNC(=O)c2cccs2)cc2ccccc21. The summed E-state index contributed by atoms with van der Waals surface area (Å²) in [6.45, 7) is 3.58. The van der Waals surface area contributed by atoms with Gasteiger partial charge in [0, 0.05) is 17.8 Å². The molecule has 0 spiro atoms. The Morgan fingerprint density at radius 1 is 1.25 bits per heavy atom. The van der Waals surface area contributed by atoms with Crippen LogP contribution in [0.4, 0.5) is 0 Å². The number of fused-ring (bicyclic) bond motifs is 1. The van der Waals surface area contributed by atoms with E-state index in [0.29, 0.717) is 6.54 Å². The Kier molecular flexibility index (Phi) is 3.56. The summed E-state index contributed by atoms with van der Waals surface area (Å²) >= 11 is 1.46. The number of hydrogen-bond donors (Lipinski definition) is 1. The van der Waals surface area contributed by atoms with Gasteiger partial charge in [0.15, 0.2) is 0 Å². The van der Waals surface area contributed by atoms with Crippen LogP contribution in [0.2, 0.25) is 0 Å². The molecule has 1 amide bonds. The molecule has 0 radical (unpaired) electrons. The van der Waals surface area contributed by atoms with E-state index in [1.807, 2.05) is 29.6 Å². The minimum Gasteiger partial charge on any atom is -0.346 e. The smallest absolute Gasteiger partial charge is 0.261 e. The number of carbonyl (C=O) groups is 1. The number of thiophene rings is 1. The van der Waals surface area contributed by atoms with Gasteiger partial charge in [0.05, 0.1) is 11.4 Å². The molecular formula is C16H16N2OS. The molecule has 2 aromatic heterocycles. The largest absolute Gasteiger partial charge is 0.346 e. The summed E-state index contributed by atoms with van der Waals surface area (Å²) in [5.74, 6) is -0.00657. The van der Waals surface area contributed by atoms with Crippen molar-refractivity contribution in [2.75, 3.05) is 0 Å². The number of rotatable bonds is 4. The predicted octanol–water partition coefficient (Wildman–Crippen LogP) is 3.65. The van der Waals surface area contributed by atoms with E-state index in [0.717, 1.165) is 17.1 Å². The number of nitrogens with zero attached hydrogens (tertiary/aromatic N) is 1. The molecule has 1 N–H and O–H groups in total. The van der Waals surface area contributed by atoms with Crippen LogP contribution < -0.4 is 5.32 Å². The fourth-order valence-electron chi connectivity index (χ4n) is 2.45. The van der Waals surface area contributed by atoms with Crippen molar-refractivity contribution in [1.29, 1.82) is 0 Å². The molecule has 3 aromatic rings. The predicted molar refractivity (Wildman–Crippen MR) is 83.1 cm³/mol. The van der Waals surface area contributed by atoms with Crippen molar-refractivity contribution in [3.63, 3.8) is 0 Å². The molecule has 0 saturated carbocycles. The van der Waals surface area contributed by atoms with Crippen molar-refractivity contribution in [2.24, 2.45) is 0 Å². The number of hydrogen-bond acceptors (Lipinski definition) is 2. The monoisotopic (exact) mass is 284 g/mol. The third-order valence-electron chi connectivity index (χ3n) is 3.39. The normalized spacial score (nSPS) is 10.8. The number of carbonyl (C=O) groups excluding carboxylic acids is 1. The van der Waals surface area contributed by atoms with E-state index in [4.69, 9.17) is 0 Å². The Labute approximate surface area is 121 Å². The first-order valence-electron chi connectivity index (χ1n) is 6.68. The lowest BCUT2D eigenvalue weighted by molar-refractivity contribution is 0.0954. The maximum absolute atomic E-state index is 12.0. The molecular weight excluding hydrogens is 268 g/mol. The van der Waals surface area contributed by atoms with Crippen LogP contribution >= 0.6 is 11.3 Å². The molecule has 3 nitrogen and oxygen atoms in total. The fraction of sp³-hybridized carbons (Fsp3) is 0.188. The van der Waals surface area contributed by atoms with Gasteiger partial charge in [-0.05, 0) is 35.9 Å². The van der Waals surface area contributed by atoms with Crippen molar-refractivity contribution >= 4 is 28.1 Å². The standard InChI is InChI=1S/C16H16N2OS/c1-2-18-13(10-12-6-3-4-7-14(12)18)11-17-16(19)15-8-5-9-20-15/h3-10H,2,11H2,1H3,(H,17,19). The van der Waals surface area contributed by atoms with Gasteiger partial charge in [-0.25, -0.2) is 0 Å². The number of para-hydroxylation sites is 1. The molecule has 0 aliphatic rings. The summed E-state index contributed by atoms with van der Waals surface area (Å²) < 4.78 is 2.24. The first-order chi connectivity index (χ1) is 9.79. The van der Waals surface area contributed by atoms with E-state index in [1.165, 1.54) is 22.2 Å². The minimum absolute atomic E-state index is 0.00657. The Morgan fingerprint density at radius 3 is 2.85 bits per heavy atom. The van der Waals surface area contributed by atoms with Gasteiger partial charge in [-0.3, -0.25) is 4.79 Å². The van der Waals surface area contributed by atoms with E-state index in [9.17, 15) is 4.79 Å². The molecule has 0 unspecified atom stereocenters. The first-order valence-corrected chi connectivity index (χ1v) is 7.56. The second-order valence-electron chi connectivity index (χ2n) is 4.60. The molecule has 0 saturated heterocycles. The lowest BCUT2D eigenvalue weighted by Crippen LogP contribution is -2.23. The van der Waals surface area contributed by atoms with Crippen LogP contribution in [-0.2, 0) is 13.1 Å². The van der Waals surface area contributed by atoms with Crippen LogP contribution in [0.15, 0.2) is 47.8 Å². The van der Waals surface area contributed by atoms with Gasteiger partial charge in [0.1, 0.15) is 0 Å². The van der Waals surface area contributed by atoms with Crippen molar-refractivity contribution in [1.82, 2.24) is 9.88 Å². The number of aryl methyl sites for hydroxylation is 1. The highest BCUT2D eigenvalue weighted by Gasteiger charge is 2.10. The highest BCUT2D eigenvalue weighted by Crippen LogP contribution is 2.19. The van der Waals surface area contributed by atoms with Gasteiger partial charge < -0.3 is 9.88 Å². The van der Waals surface area contributed by atoms with Crippen molar-refractivity contribution in [3.05, 3.63) is 58.4 Å². The lowest BCUT2D eigenvalue weighted by Gasteiger charge is -2.08. The summed E-state index contributed by atoms with van der Waals surface area (Å²) in [4.78, 5) is 12.7. The van der Waals surface area contributed by atoms with E-state index in [2.05, 4.69) is 35.0 Å². The fourth-order valence-corrected chi connectivity index (χ4v) is 3.09. The molecule has 3 rings (SSSR count). The second-order valence-corrected chi connectivity index (χ2v) is 5.55. The molecule has 0 aliphatic carbocycles. The van der Waals surface area contributed by atoms with Crippen LogP contribution in [0.5, 0.6) is 0 Å². The van der Waals surface area contributed by atoms with Gasteiger partial charge in [-0.2, -0.15) is 0 Å². The number of amides is 1. The lowest BCUT2D eigenvalue weighted by atomic mass is 10.2. The summed E-state index contributed by atoms with van der Waals surface area (Å²) in [7, 11) is 0. The first kappa shape index (κ1) is 12.9. The van der Waals surface area contributed by atoms with Gasteiger partial charge in [0.2, 0.25) is 0 Å². The summed E-state index contributed by atoms with van der Waals surface area (Å²) in [6.07, 6.45) is 0. The van der Waals surface area contributed by atoms with Gasteiger partial charge >= 0.3 is 0 Å². The highest BCUT2D eigenvalue weighted by atomic mass is 32.1. The number of aromatic nitrogens is 1. The van der Waals surface area contributed by atoms with Gasteiger partial charge in [-0.1, -0.05) is 24.3 Å². The molecule has 0 bridgehead atoms. The van der Waals surface area contributed by atoms with Crippen LogP contribution in [-0.4, -0.2) is 10.5 Å². The summed E-state index contributed by atoms with van der Waals surface area (Å²) in [6, 6.07) is 14.2. The van der Waals surface area contributed by atoms with E-state index < -0.39 is 0 Å². The molecule has 0 atom stereocenters. The Bertz CT molecular complexity index is 728. The zero-order valence-corrected chi connectivity index (χ0v) is 12.1. The Hall–Kier alpha value is -2.07. The maximum atomic E-state index is 12.0. The topological polar surface area (TPSA) is 34.0 Å². The van der Waals surface area contributed by atoms with E-state index in [-0.39, 0.29) is 5.91 Å². The maximum Gasteiger partial charge on any atom is 0.261 e. The van der Waals surface area contributed by atoms with E-state index in [1.54, 1.807) is 0 Å². The van der Waals surface area contributed by atoms with Crippen LogP contribution in [0, 0.1) is 0 Å². The molecule has 0 fully saturated rings. The third-order valence-corrected chi connectivity index (χ3v) is 4.26. The summed E-state index contributed by atoms with van der Waals surface area (Å²) in [5, 5.41) is 6.12. The van der Waals surface area contributed by atoms with Gasteiger partial charge in [-0.15, -0.1) is 11.3 Å². The second kappa shape index (κ2) is 5.51. The van der Waals surface area contributed by atoms with Crippen molar-refractivity contribution in [3.8, 4) is 0 Å². The molecule has 2 heterocycles. The molecule has 0 aliphatic heterocycles. The van der Waals surface area contributed by atoms with Crippen molar-refractivity contribution in [2.45, 2.75) is 20.0 Å². The zero-order valence-electron chi connectivity index (χ0n) is 11.3. The Morgan fingerprint density at radius 2 is 2.10 bits per heavy atom. The van der Waals surface area contributed by atoms with E-state index >= 15 is 0 Å². The average molecular weight is 284 g/mol. The third kappa shape index (κ3) is 2.34. The molecule has 20 heavy (non-hydrogen) atoms. The van der Waals surface area contributed by atoms with Crippen LogP contribution in [0.3, 0.4) is 0 Å². The minimum atomic E-state index is -0.00657. The van der Waals surface area contributed by atoms with Gasteiger partial charge in [0.25, 0.3) is 5.91 Å². The van der Waals surface area contributed by atoms with Crippen LogP contribution in [0.25, 0.3) is 10.9 Å². The molecule has 1 aromatic carbocycles.